The minimum absolute atomic E-state index is 0.0898. The van der Waals surface area contributed by atoms with Gasteiger partial charge in [-0.2, -0.15) is 0 Å². The van der Waals surface area contributed by atoms with Gasteiger partial charge < -0.3 is 14.5 Å². The fraction of sp³-hybridized carbons (Fsp3) is 0.667. The number of carbonyl (C=O) groups is 1. The normalized spacial score (nSPS) is 13.0. The molecule has 1 rings (SSSR count). The van der Waals surface area contributed by atoms with Gasteiger partial charge in [-0.15, -0.1) is 10.2 Å². The van der Waals surface area contributed by atoms with Gasteiger partial charge in [-0.1, -0.05) is 37.8 Å². The van der Waals surface area contributed by atoms with E-state index >= 15 is 0 Å². The molecule has 6 nitrogen and oxygen atoms in total. The van der Waals surface area contributed by atoms with Crippen molar-refractivity contribution in [2.24, 2.45) is 5.92 Å². The zero-order valence-electron chi connectivity index (χ0n) is 14.1. The van der Waals surface area contributed by atoms with E-state index in [0.29, 0.717) is 16.9 Å². The Hall–Kier alpha value is -1.50. The number of thioether (sulfide) groups is 1. The van der Waals surface area contributed by atoms with E-state index in [9.17, 15) is 4.79 Å². The number of hydrogen-bond acceptors (Lipinski definition) is 6. The van der Waals surface area contributed by atoms with Gasteiger partial charge in [-0.3, -0.25) is 0 Å². The molecule has 1 unspecified atom stereocenters. The van der Waals surface area contributed by atoms with Crippen LogP contribution in [0.1, 0.15) is 53.5 Å². The second-order valence-electron chi connectivity index (χ2n) is 6.52. The number of nitrogens with one attached hydrogen (secondary N) is 1. The Morgan fingerprint density at radius 2 is 2.05 bits per heavy atom. The standard InChI is InChI=1S/C15H25N3O3S/c1-9(2)8-22-14-18-17-12(20-14)11(10(3)4)16-13(19)21-15(5,6)7/h10-11H,1,8H2,2-7H3,(H,16,19). The van der Waals surface area contributed by atoms with Crippen LogP contribution in [0, 0.1) is 5.92 Å². The topological polar surface area (TPSA) is 77.2 Å². The van der Waals surface area contributed by atoms with E-state index in [0.717, 1.165) is 5.57 Å². The third-order valence-electron chi connectivity index (χ3n) is 2.47. The summed E-state index contributed by atoms with van der Waals surface area (Å²) < 4.78 is 10.9. The highest BCUT2D eigenvalue weighted by Crippen LogP contribution is 2.25. The third-order valence-corrected chi connectivity index (χ3v) is 3.52. The fourth-order valence-corrected chi connectivity index (χ4v) is 2.15. The summed E-state index contributed by atoms with van der Waals surface area (Å²) in [5.74, 6) is 1.19. The molecule has 0 aliphatic carbocycles. The van der Waals surface area contributed by atoms with Gasteiger partial charge in [-0.05, 0) is 33.6 Å². The molecule has 1 amide bonds. The zero-order valence-corrected chi connectivity index (χ0v) is 14.9. The summed E-state index contributed by atoms with van der Waals surface area (Å²) in [6.45, 7) is 15.1. The summed E-state index contributed by atoms with van der Waals surface area (Å²) in [6.07, 6.45) is -0.500. The first kappa shape index (κ1) is 18.5. The highest BCUT2D eigenvalue weighted by Gasteiger charge is 2.27. The lowest BCUT2D eigenvalue weighted by Gasteiger charge is -2.23. The van der Waals surface area contributed by atoms with Gasteiger partial charge in [-0.25, -0.2) is 4.79 Å². The van der Waals surface area contributed by atoms with E-state index in [2.05, 4.69) is 22.1 Å². The van der Waals surface area contributed by atoms with Crippen LogP contribution >= 0.6 is 11.8 Å². The molecule has 1 heterocycles. The molecule has 0 radical (unpaired) electrons. The van der Waals surface area contributed by atoms with Crippen molar-refractivity contribution in [2.75, 3.05) is 5.75 Å². The molecule has 0 fully saturated rings. The van der Waals surface area contributed by atoms with Crippen molar-refractivity contribution in [2.45, 2.75) is 58.4 Å². The van der Waals surface area contributed by atoms with E-state index in [4.69, 9.17) is 9.15 Å². The number of rotatable bonds is 6. The average molecular weight is 327 g/mol. The number of carbonyl (C=O) groups excluding carboxylic acids is 1. The summed E-state index contributed by atoms with van der Waals surface area (Å²) >= 11 is 1.42. The van der Waals surface area contributed by atoms with Crippen LogP contribution in [0.3, 0.4) is 0 Å². The fourth-order valence-electron chi connectivity index (χ4n) is 1.54. The SMILES string of the molecule is C=C(C)CSc1nnc(C(NC(=O)OC(C)(C)C)C(C)C)o1. The second kappa shape index (κ2) is 7.67. The number of hydrogen-bond donors (Lipinski definition) is 1. The quantitative estimate of drug-likeness (QED) is 0.629. The van der Waals surface area contributed by atoms with Gasteiger partial charge in [0.25, 0.3) is 5.22 Å². The predicted molar refractivity (Wildman–Crippen MR) is 86.8 cm³/mol. The lowest BCUT2D eigenvalue weighted by atomic mass is 10.1. The van der Waals surface area contributed by atoms with Crippen LogP contribution in [0.5, 0.6) is 0 Å². The van der Waals surface area contributed by atoms with Crippen LogP contribution in [0.4, 0.5) is 4.79 Å². The van der Waals surface area contributed by atoms with Gasteiger partial charge in [0.05, 0.1) is 0 Å². The van der Waals surface area contributed by atoms with Crippen molar-refractivity contribution in [3.63, 3.8) is 0 Å². The molecule has 0 bridgehead atoms. The molecule has 0 spiro atoms. The molecule has 1 aromatic rings. The molecule has 0 saturated carbocycles. The maximum atomic E-state index is 11.9. The van der Waals surface area contributed by atoms with Crippen LogP contribution in [-0.4, -0.2) is 27.6 Å². The Balaban J connectivity index is 2.75. The molecule has 1 aromatic heterocycles. The minimum atomic E-state index is -0.553. The van der Waals surface area contributed by atoms with Crippen LogP contribution in [0.15, 0.2) is 21.8 Å². The summed E-state index contributed by atoms with van der Waals surface area (Å²) in [4.78, 5) is 11.9. The van der Waals surface area contributed by atoms with Gasteiger partial charge in [0.15, 0.2) is 0 Å². The van der Waals surface area contributed by atoms with Crippen molar-refractivity contribution in [1.82, 2.24) is 15.5 Å². The maximum absolute atomic E-state index is 11.9. The first-order valence-corrected chi connectivity index (χ1v) is 8.17. The maximum Gasteiger partial charge on any atom is 0.408 e. The highest BCUT2D eigenvalue weighted by molar-refractivity contribution is 7.99. The highest BCUT2D eigenvalue weighted by atomic mass is 32.2. The number of nitrogens with zero attached hydrogens (tertiary/aromatic N) is 2. The molecular formula is C15H25N3O3S. The van der Waals surface area contributed by atoms with Crippen molar-refractivity contribution in [3.05, 3.63) is 18.0 Å². The van der Waals surface area contributed by atoms with Crippen LogP contribution in [0.25, 0.3) is 0 Å². The molecule has 1 atom stereocenters. The summed E-state index contributed by atoms with van der Waals surface area (Å²) in [6, 6.07) is -0.387. The van der Waals surface area contributed by atoms with E-state index in [1.807, 2.05) is 41.5 Å². The summed E-state index contributed by atoms with van der Waals surface area (Å²) in [5, 5.41) is 11.3. The first-order valence-electron chi connectivity index (χ1n) is 7.18. The largest absolute Gasteiger partial charge is 0.444 e. The average Bonchev–Trinajstić information content (AvgIpc) is 2.79. The lowest BCUT2D eigenvalue weighted by Crippen LogP contribution is -2.37. The van der Waals surface area contributed by atoms with Crippen molar-refractivity contribution in [3.8, 4) is 0 Å². The van der Waals surface area contributed by atoms with Gasteiger partial charge in [0.1, 0.15) is 11.6 Å². The first-order chi connectivity index (χ1) is 10.1. The Morgan fingerprint density at radius 1 is 1.41 bits per heavy atom. The van der Waals surface area contributed by atoms with Gasteiger partial charge >= 0.3 is 6.09 Å². The molecule has 1 N–H and O–H groups in total. The lowest BCUT2D eigenvalue weighted by molar-refractivity contribution is 0.0477. The van der Waals surface area contributed by atoms with Crippen molar-refractivity contribution >= 4 is 17.9 Å². The van der Waals surface area contributed by atoms with Crippen LogP contribution in [-0.2, 0) is 4.74 Å². The van der Waals surface area contributed by atoms with Crippen LogP contribution in [0.2, 0.25) is 0 Å². The number of amides is 1. The second-order valence-corrected chi connectivity index (χ2v) is 7.45. The minimum Gasteiger partial charge on any atom is -0.444 e. The molecule has 0 aliphatic heterocycles. The molecule has 124 valence electrons. The summed E-state index contributed by atoms with van der Waals surface area (Å²) in [7, 11) is 0. The number of ether oxygens (including phenoxy) is 1. The zero-order chi connectivity index (χ0) is 16.9. The molecule has 0 saturated heterocycles. The monoisotopic (exact) mass is 327 g/mol. The third kappa shape index (κ3) is 6.51. The molecular weight excluding hydrogens is 302 g/mol. The smallest absolute Gasteiger partial charge is 0.408 e. The van der Waals surface area contributed by atoms with E-state index in [1.165, 1.54) is 11.8 Å². The van der Waals surface area contributed by atoms with E-state index in [1.54, 1.807) is 0 Å². The molecule has 0 aliphatic rings. The van der Waals surface area contributed by atoms with Crippen molar-refractivity contribution in [1.29, 1.82) is 0 Å². The Kier molecular flexibility index (Phi) is 6.47. The Bertz CT molecular complexity index is 520. The predicted octanol–water partition coefficient (Wildman–Crippen LogP) is 3.96. The number of aromatic nitrogens is 2. The summed E-state index contributed by atoms with van der Waals surface area (Å²) in [5.41, 5.74) is 0.472. The van der Waals surface area contributed by atoms with Crippen LogP contribution < -0.4 is 5.32 Å². The van der Waals surface area contributed by atoms with E-state index in [-0.39, 0.29) is 12.0 Å². The van der Waals surface area contributed by atoms with Gasteiger partial charge in [0, 0.05) is 5.75 Å². The Labute approximate surface area is 136 Å². The molecule has 22 heavy (non-hydrogen) atoms. The molecule has 7 heteroatoms. The Morgan fingerprint density at radius 3 is 2.55 bits per heavy atom. The van der Waals surface area contributed by atoms with E-state index < -0.39 is 11.7 Å². The number of alkyl carbamates (subject to hydrolysis) is 1. The van der Waals surface area contributed by atoms with Crippen molar-refractivity contribution < 1.29 is 13.9 Å². The van der Waals surface area contributed by atoms with Gasteiger partial charge in [0.2, 0.25) is 5.89 Å². The molecule has 0 aromatic carbocycles.